The number of imidazole rings is 1. The van der Waals surface area contributed by atoms with Gasteiger partial charge in [-0.05, 0) is 19.9 Å². The summed E-state index contributed by atoms with van der Waals surface area (Å²) in [6.45, 7) is 3.55. The van der Waals surface area contributed by atoms with Gasteiger partial charge in [0.25, 0.3) is 5.69 Å². The van der Waals surface area contributed by atoms with E-state index in [-0.39, 0.29) is 16.9 Å². The van der Waals surface area contributed by atoms with E-state index in [1.807, 2.05) is 0 Å². The summed E-state index contributed by atoms with van der Waals surface area (Å²) >= 11 is 0. The summed E-state index contributed by atoms with van der Waals surface area (Å²) in [6, 6.07) is 3.63. The van der Waals surface area contributed by atoms with Crippen molar-refractivity contribution in [2.45, 2.75) is 13.8 Å². The lowest BCUT2D eigenvalue weighted by Crippen LogP contribution is -2.07. The van der Waals surface area contributed by atoms with E-state index in [1.165, 1.54) is 29.1 Å². The minimum Gasteiger partial charge on any atom is -0.478 e. The van der Waals surface area contributed by atoms with Crippen LogP contribution in [0, 0.1) is 24.0 Å². The average molecular weight is 261 g/mol. The fourth-order valence-electron chi connectivity index (χ4n) is 1.76. The van der Waals surface area contributed by atoms with Crippen LogP contribution >= 0.6 is 0 Å². The third-order valence-electron chi connectivity index (χ3n) is 2.93. The van der Waals surface area contributed by atoms with Gasteiger partial charge in [-0.15, -0.1) is 0 Å². The molecule has 1 heterocycles. The number of hydrogen-bond donors (Lipinski definition) is 1. The van der Waals surface area contributed by atoms with Crippen molar-refractivity contribution in [3.8, 4) is 5.69 Å². The van der Waals surface area contributed by atoms with Gasteiger partial charge in [-0.25, -0.2) is 9.78 Å². The number of nitro benzene ring substituents is 1. The van der Waals surface area contributed by atoms with Crippen molar-refractivity contribution < 1.29 is 14.8 Å². The molecule has 2 rings (SSSR count). The molecule has 0 spiro atoms. The molecule has 1 N–H and O–H groups in total. The molecule has 0 saturated heterocycles. The predicted molar refractivity (Wildman–Crippen MR) is 66.7 cm³/mol. The zero-order chi connectivity index (χ0) is 14.2. The Labute approximate surface area is 108 Å². The van der Waals surface area contributed by atoms with E-state index in [0.29, 0.717) is 0 Å². The second-order valence-corrected chi connectivity index (χ2v) is 4.05. The Balaban J connectivity index is 2.71. The van der Waals surface area contributed by atoms with Crippen molar-refractivity contribution in [3.05, 3.63) is 51.6 Å². The molecular weight excluding hydrogens is 250 g/mol. The quantitative estimate of drug-likeness (QED) is 0.673. The van der Waals surface area contributed by atoms with Crippen molar-refractivity contribution in [1.82, 2.24) is 9.55 Å². The number of carboxylic acids is 1. The summed E-state index contributed by atoms with van der Waals surface area (Å²) in [7, 11) is 0. The molecule has 2 aromatic rings. The molecular formula is C12H11N3O4. The normalized spacial score (nSPS) is 10.4. The monoisotopic (exact) mass is 261 g/mol. The molecule has 1 aromatic heterocycles. The predicted octanol–water partition coefficient (Wildman–Crippen LogP) is 2.10. The molecule has 0 aliphatic carbocycles. The second-order valence-electron chi connectivity index (χ2n) is 4.05. The number of nitro groups is 1. The molecule has 0 bridgehead atoms. The Hall–Kier alpha value is -2.70. The smallest absolute Gasteiger partial charge is 0.337 e. The summed E-state index contributed by atoms with van der Waals surface area (Å²) < 4.78 is 1.53. The lowest BCUT2D eigenvalue weighted by molar-refractivity contribution is -0.384. The molecule has 0 radical (unpaired) electrons. The molecule has 0 fully saturated rings. The molecule has 0 atom stereocenters. The first kappa shape index (κ1) is 12.7. The number of nitrogens with zero attached hydrogens (tertiary/aromatic N) is 3. The van der Waals surface area contributed by atoms with E-state index in [2.05, 4.69) is 4.98 Å². The minimum atomic E-state index is -1.14. The van der Waals surface area contributed by atoms with Crippen LogP contribution in [0.1, 0.15) is 21.7 Å². The van der Waals surface area contributed by atoms with E-state index < -0.39 is 10.9 Å². The van der Waals surface area contributed by atoms with E-state index in [9.17, 15) is 14.9 Å². The van der Waals surface area contributed by atoms with Crippen molar-refractivity contribution in [3.63, 3.8) is 0 Å². The van der Waals surface area contributed by atoms with Crippen LogP contribution in [0.4, 0.5) is 5.69 Å². The molecule has 7 nitrogen and oxygen atoms in total. The van der Waals surface area contributed by atoms with Gasteiger partial charge in [-0.2, -0.15) is 0 Å². The molecule has 0 aliphatic heterocycles. The fourth-order valence-corrected chi connectivity index (χ4v) is 1.76. The van der Waals surface area contributed by atoms with Crippen LogP contribution in [-0.4, -0.2) is 25.6 Å². The Morgan fingerprint density at radius 3 is 2.58 bits per heavy atom. The summed E-state index contributed by atoms with van der Waals surface area (Å²) in [4.78, 5) is 25.5. The van der Waals surface area contributed by atoms with Crippen LogP contribution in [0.25, 0.3) is 5.69 Å². The van der Waals surface area contributed by atoms with Crippen LogP contribution in [0.5, 0.6) is 0 Å². The topological polar surface area (TPSA) is 98.3 Å². The van der Waals surface area contributed by atoms with Crippen LogP contribution in [0.2, 0.25) is 0 Å². The zero-order valence-corrected chi connectivity index (χ0v) is 10.3. The third kappa shape index (κ3) is 2.17. The first-order chi connectivity index (χ1) is 8.91. The SMILES string of the molecule is Cc1ncn(-c2cc([N+](=O)[O-])ccc2C(=O)O)c1C. The number of benzene rings is 1. The summed E-state index contributed by atoms with van der Waals surface area (Å²) in [5.41, 5.74) is 1.54. The molecule has 7 heteroatoms. The fraction of sp³-hybridized carbons (Fsp3) is 0.167. The molecule has 98 valence electrons. The van der Waals surface area contributed by atoms with Gasteiger partial charge in [0, 0.05) is 17.8 Å². The third-order valence-corrected chi connectivity index (χ3v) is 2.93. The largest absolute Gasteiger partial charge is 0.478 e. The lowest BCUT2D eigenvalue weighted by Gasteiger charge is -2.09. The van der Waals surface area contributed by atoms with Gasteiger partial charge in [-0.3, -0.25) is 10.1 Å². The van der Waals surface area contributed by atoms with E-state index in [1.54, 1.807) is 13.8 Å². The van der Waals surface area contributed by atoms with E-state index in [4.69, 9.17) is 5.11 Å². The second kappa shape index (κ2) is 4.52. The lowest BCUT2D eigenvalue weighted by atomic mass is 10.1. The van der Waals surface area contributed by atoms with Crippen LogP contribution in [0.3, 0.4) is 0 Å². The van der Waals surface area contributed by atoms with E-state index in [0.717, 1.165) is 11.4 Å². The van der Waals surface area contributed by atoms with Gasteiger partial charge in [-0.1, -0.05) is 0 Å². The number of aromatic carboxylic acids is 1. The standard InChI is InChI=1S/C12H11N3O4/c1-7-8(2)14(6-13-7)11-5-9(15(18)19)3-4-10(11)12(16)17/h3-6H,1-2H3,(H,16,17). The maximum Gasteiger partial charge on any atom is 0.337 e. The van der Waals surface area contributed by atoms with Crippen LogP contribution < -0.4 is 0 Å². The van der Waals surface area contributed by atoms with Gasteiger partial charge in [0.2, 0.25) is 0 Å². The summed E-state index contributed by atoms with van der Waals surface area (Å²) in [5, 5.41) is 19.9. The Kier molecular flexibility index (Phi) is 3.04. The Bertz CT molecular complexity index is 676. The molecule has 0 aliphatic rings. The maximum atomic E-state index is 11.2. The molecule has 0 unspecified atom stereocenters. The number of aryl methyl sites for hydroxylation is 1. The summed E-state index contributed by atoms with van der Waals surface area (Å²) in [5.74, 6) is -1.14. The van der Waals surface area contributed by atoms with Crippen molar-refractivity contribution in [1.29, 1.82) is 0 Å². The van der Waals surface area contributed by atoms with Crippen molar-refractivity contribution >= 4 is 11.7 Å². The van der Waals surface area contributed by atoms with Gasteiger partial charge >= 0.3 is 5.97 Å². The zero-order valence-electron chi connectivity index (χ0n) is 10.3. The van der Waals surface area contributed by atoms with Gasteiger partial charge in [0.15, 0.2) is 0 Å². The Morgan fingerprint density at radius 1 is 1.42 bits per heavy atom. The summed E-state index contributed by atoms with van der Waals surface area (Å²) in [6.07, 6.45) is 1.45. The number of non-ortho nitro benzene ring substituents is 1. The number of aromatic nitrogens is 2. The molecule has 0 amide bonds. The van der Waals surface area contributed by atoms with E-state index >= 15 is 0 Å². The maximum absolute atomic E-state index is 11.2. The van der Waals surface area contributed by atoms with Crippen LogP contribution in [-0.2, 0) is 0 Å². The molecule has 19 heavy (non-hydrogen) atoms. The highest BCUT2D eigenvalue weighted by atomic mass is 16.6. The Morgan fingerprint density at radius 2 is 2.11 bits per heavy atom. The highest BCUT2D eigenvalue weighted by Gasteiger charge is 2.18. The van der Waals surface area contributed by atoms with Gasteiger partial charge in [0.05, 0.1) is 28.2 Å². The average Bonchev–Trinajstić information content (AvgIpc) is 2.69. The minimum absolute atomic E-state index is 0.00824. The van der Waals surface area contributed by atoms with Gasteiger partial charge in [0.1, 0.15) is 0 Å². The molecule has 1 aromatic carbocycles. The first-order valence-electron chi connectivity index (χ1n) is 5.44. The number of hydrogen-bond acceptors (Lipinski definition) is 4. The van der Waals surface area contributed by atoms with Crippen molar-refractivity contribution in [2.24, 2.45) is 0 Å². The van der Waals surface area contributed by atoms with Crippen molar-refractivity contribution in [2.75, 3.05) is 0 Å². The highest BCUT2D eigenvalue weighted by molar-refractivity contribution is 5.92. The first-order valence-corrected chi connectivity index (χ1v) is 5.44. The highest BCUT2D eigenvalue weighted by Crippen LogP contribution is 2.23. The number of carbonyl (C=O) groups is 1. The number of carboxylic acid groups (broad SMARTS) is 1. The van der Waals surface area contributed by atoms with Gasteiger partial charge < -0.3 is 9.67 Å². The molecule has 0 saturated carbocycles. The number of rotatable bonds is 3. The van der Waals surface area contributed by atoms with Crippen LogP contribution in [0.15, 0.2) is 24.5 Å².